The van der Waals surface area contributed by atoms with Crippen molar-refractivity contribution in [2.24, 2.45) is 5.92 Å². The fourth-order valence-corrected chi connectivity index (χ4v) is 2.46. The number of amides is 1. The molecular weight excluding hydrogens is 274 g/mol. The molecule has 21 heavy (non-hydrogen) atoms. The number of hydrogen-bond acceptors (Lipinski definition) is 5. The third-order valence-electron chi connectivity index (χ3n) is 3.61. The average Bonchev–Trinajstić information content (AvgIpc) is 2.37. The highest BCUT2D eigenvalue weighted by molar-refractivity contribution is 5.88. The number of rotatable bonds is 7. The normalized spacial score (nSPS) is 18.5. The number of carboxylic acid groups (broad SMARTS) is 1. The highest BCUT2D eigenvalue weighted by Gasteiger charge is 2.24. The van der Waals surface area contributed by atoms with Gasteiger partial charge in [0.1, 0.15) is 0 Å². The molecule has 0 aliphatic carbocycles. The standard InChI is InChI=1S/C14H25N3O4/c1-10(2)14(11(3)18)15-12(19)8-16-4-6-17(7-5-16)9-13(20)21/h10,14H,4-9H2,1-3H3,(H,15,19)(H,20,21). The molecule has 1 saturated heterocycles. The number of Topliss-reactive ketones (excluding diaryl/α,β-unsaturated/α-hetero) is 1. The number of piperazine rings is 1. The van der Waals surface area contributed by atoms with E-state index in [1.54, 1.807) is 0 Å². The maximum Gasteiger partial charge on any atom is 0.317 e. The molecule has 1 unspecified atom stereocenters. The number of ketones is 1. The molecule has 1 aliphatic rings. The minimum absolute atomic E-state index is 0.0374. The van der Waals surface area contributed by atoms with Crippen molar-refractivity contribution >= 4 is 17.7 Å². The van der Waals surface area contributed by atoms with Crippen LogP contribution in [0.4, 0.5) is 0 Å². The van der Waals surface area contributed by atoms with Gasteiger partial charge in [-0.2, -0.15) is 0 Å². The SMILES string of the molecule is CC(=O)C(NC(=O)CN1CCN(CC(=O)O)CC1)C(C)C. The van der Waals surface area contributed by atoms with E-state index in [1.165, 1.54) is 6.92 Å². The molecule has 1 aliphatic heterocycles. The maximum absolute atomic E-state index is 12.0. The summed E-state index contributed by atoms with van der Waals surface area (Å²) in [6, 6.07) is -0.439. The number of nitrogens with zero attached hydrogens (tertiary/aromatic N) is 2. The minimum Gasteiger partial charge on any atom is -0.480 e. The largest absolute Gasteiger partial charge is 0.480 e. The van der Waals surface area contributed by atoms with Crippen LogP contribution in [-0.2, 0) is 14.4 Å². The predicted molar refractivity (Wildman–Crippen MR) is 78.0 cm³/mol. The summed E-state index contributed by atoms with van der Waals surface area (Å²) in [6.07, 6.45) is 0. The Morgan fingerprint density at radius 1 is 1.05 bits per heavy atom. The second-order valence-corrected chi connectivity index (χ2v) is 5.85. The van der Waals surface area contributed by atoms with Crippen LogP contribution in [0.2, 0.25) is 0 Å². The van der Waals surface area contributed by atoms with Crippen LogP contribution in [0.3, 0.4) is 0 Å². The van der Waals surface area contributed by atoms with E-state index < -0.39 is 12.0 Å². The van der Waals surface area contributed by atoms with Crippen LogP contribution in [0.15, 0.2) is 0 Å². The molecule has 0 aromatic heterocycles. The van der Waals surface area contributed by atoms with Gasteiger partial charge in [0.05, 0.1) is 19.1 Å². The molecular formula is C14H25N3O4. The summed E-state index contributed by atoms with van der Waals surface area (Å²) in [4.78, 5) is 37.9. The van der Waals surface area contributed by atoms with Gasteiger partial charge in [-0.3, -0.25) is 24.2 Å². The van der Waals surface area contributed by atoms with E-state index in [-0.39, 0.29) is 30.7 Å². The van der Waals surface area contributed by atoms with Crippen molar-refractivity contribution in [1.29, 1.82) is 0 Å². The van der Waals surface area contributed by atoms with Crippen LogP contribution >= 0.6 is 0 Å². The Labute approximate surface area is 125 Å². The van der Waals surface area contributed by atoms with Crippen LogP contribution in [-0.4, -0.2) is 77.9 Å². The highest BCUT2D eigenvalue weighted by atomic mass is 16.4. The molecule has 1 fully saturated rings. The zero-order valence-corrected chi connectivity index (χ0v) is 13.0. The quantitative estimate of drug-likeness (QED) is 0.653. The van der Waals surface area contributed by atoms with Gasteiger partial charge in [-0.25, -0.2) is 0 Å². The lowest BCUT2D eigenvalue weighted by molar-refractivity contribution is -0.139. The van der Waals surface area contributed by atoms with E-state index in [2.05, 4.69) is 5.32 Å². The van der Waals surface area contributed by atoms with Crippen molar-refractivity contribution in [2.45, 2.75) is 26.8 Å². The number of carboxylic acids is 1. The summed E-state index contributed by atoms with van der Waals surface area (Å²) < 4.78 is 0. The van der Waals surface area contributed by atoms with Crippen molar-refractivity contribution in [3.05, 3.63) is 0 Å². The molecule has 1 amide bonds. The van der Waals surface area contributed by atoms with Gasteiger partial charge in [0.2, 0.25) is 5.91 Å². The lowest BCUT2D eigenvalue weighted by Gasteiger charge is -2.33. The Balaban J connectivity index is 2.36. The third kappa shape index (κ3) is 6.22. The summed E-state index contributed by atoms with van der Waals surface area (Å²) in [5.41, 5.74) is 0. The summed E-state index contributed by atoms with van der Waals surface area (Å²) in [6.45, 7) is 8.17. The first-order valence-corrected chi connectivity index (χ1v) is 7.26. The molecule has 2 N–H and O–H groups in total. The molecule has 1 heterocycles. The summed E-state index contributed by atoms with van der Waals surface area (Å²) >= 11 is 0. The van der Waals surface area contributed by atoms with Gasteiger partial charge in [0, 0.05) is 26.2 Å². The van der Waals surface area contributed by atoms with Gasteiger partial charge in [-0.05, 0) is 12.8 Å². The maximum atomic E-state index is 12.0. The first kappa shape index (κ1) is 17.6. The smallest absolute Gasteiger partial charge is 0.317 e. The van der Waals surface area contributed by atoms with Gasteiger partial charge >= 0.3 is 5.97 Å². The highest BCUT2D eigenvalue weighted by Crippen LogP contribution is 2.04. The molecule has 0 aromatic carbocycles. The topological polar surface area (TPSA) is 90.0 Å². The van der Waals surface area contributed by atoms with Crippen molar-refractivity contribution in [3.63, 3.8) is 0 Å². The van der Waals surface area contributed by atoms with Gasteiger partial charge in [-0.15, -0.1) is 0 Å². The van der Waals surface area contributed by atoms with E-state index in [0.29, 0.717) is 26.2 Å². The number of hydrogen-bond donors (Lipinski definition) is 2. The second-order valence-electron chi connectivity index (χ2n) is 5.85. The number of carbonyl (C=O) groups excluding carboxylic acids is 2. The second kappa shape index (κ2) is 8.09. The lowest BCUT2D eigenvalue weighted by atomic mass is 10.0. The van der Waals surface area contributed by atoms with E-state index in [0.717, 1.165) is 0 Å². The molecule has 0 bridgehead atoms. The first-order chi connectivity index (χ1) is 9.79. The molecule has 1 atom stereocenters. The molecule has 0 aromatic rings. The van der Waals surface area contributed by atoms with Crippen LogP contribution < -0.4 is 5.32 Å². The zero-order valence-electron chi connectivity index (χ0n) is 13.0. The van der Waals surface area contributed by atoms with E-state index in [9.17, 15) is 14.4 Å². The number of aliphatic carboxylic acids is 1. The van der Waals surface area contributed by atoms with E-state index >= 15 is 0 Å². The molecule has 1 rings (SSSR count). The zero-order chi connectivity index (χ0) is 16.0. The Kier molecular flexibility index (Phi) is 6.77. The van der Waals surface area contributed by atoms with E-state index in [1.807, 2.05) is 23.6 Å². The number of nitrogens with one attached hydrogen (secondary N) is 1. The monoisotopic (exact) mass is 299 g/mol. The molecule has 0 saturated carbocycles. The predicted octanol–water partition coefficient (Wildman–Crippen LogP) is -0.582. The fourth-order valence-electron chi connectivity index (χ4n) is 2.46. The molecule has 120 valence electrons. The summed E-state index contributed by atoms with van der Waals surface area (Å²) in [5.74, 6) is -0.957. The van der Waals surface area contributed by atoms with Crippen LogP contribution in [0, 0.1) is 5.92 Å². The Hall–Kier alpha value is -1.47. The van der Waals surface area contributed by atoms with Crippen molar-refractivity contribution < 1.29 is 19.5 Å². The van der Waals surface area contributed by atoms with Gasteiger partial charge in [0.15, 0.2) is 5.78 Å². The summed E-state index contributed by atoms with van der Waals surface area (Å²) in [7, 11) is 0. The Morgan fingerprint density at radius 2 is 1.52 bits per heavy atom. The van der Waals surface area contributed by atoms with Crippen molar-refractivity contribution in [1.82, 2.24) is 15.1 Å². The molecule has 0 spiro atoms. The van der Waals surface area contributed by atoms with Crippen LogP contribution in [0.5, 0.6) is 0 Å². The Morgan fingerprint density at radius 3 is 1.90 bits per heavy atom. The van der Waals surface area contributed by atoms with Gasteiger partial charge in [0.25, 0.3) is 0 Å². The molecule has 7 nitrogen and oxygen atoms in total. The molecule has 0 radical (unpaired) electrons. The number of carbonyl (C=O) groups is 3. The van der Waals surface area contributed by atoms with Gasteiger partial charge < -0.3 is 10.4 Å². The first-order valence-electron chi connectivity index (χ1n) is 7.26. The van der Waals surface area contributed by atoms with E-state index in [4.69, 9.17) is 5.11 Å². The average molecular weight is 299 g/mol. The molecule has 7 heteroatoms. The Bertz CT molecular complexity index is 390. The van der Waals surface area contributed by atoms with Crippen molar-refractivity contribution in [3.8, 4) is 0 Å². The van der Waals surface area contributed by atoms with Gasteiger partial charge in [-0.1, -0.05) is 13.8 Å². The van der Waals surface area contributed by atoms with Crippen molar-refractivity contribution in [2.75, 3.05) is 39.3 Å². The fraction of sp³-hybridized carbons (Fsp3) is 0.786. The third-order valence-corrected chi connectivity index (χ3v) is 3.61. The van der Waals surface area contributed by atoms with Crippen LogP contribution in [0.25, 0.3) is 0 Å². The lowest BCUT2D eigenvalue weighted by Crippen LogP contribution is -2.52. The summed E-state index contributed by atoms with van der Waals surface area (Å²) in [5, 5.41) is 11.5. The van der Waals surface area contributed by atoms with Crippen LogP contribution in [0.1, 0.15) is 20.8 Å². The minimum atomic E-state index is -0.831.